The van der Waals surface area contributed by atoms with Crippen molar-refractivity contribution in [1.29, 1.82) is 0 Å². The first-order chi connectivity index (χ1) is 12.6. The van der Waals surface area contributed by atoms with E-state index in [9.17, 15) is 9.90 Å². The Morgan fingerprint density at radius 3 is 2.96 bits per heavy atom. The number of nitrogens with one attached hydrogen (secondary N) is 1. The normalized spacial score (nSPS) is 15.5. The fourth-order valence-electron chi connectivity index (χ4n) is 3.59. The zero-order valence-corrected chi connectivity index (χ0v) is 16.5. The van der Waals surface area contributed by atoms with E-state index in [-0.39, 0.29) is 11.7 Å². The second kappa shape index (κ2) is 9.08. The van der Waals surface area contributed by atoms with E-state index in [4.69, 9.17) is 9.72 Å². The van der Waals surface area contributed by atoms with Crippen molar-refractivity contribution in [2.45, 2.75) is 58.1 Å². The minimum Gasteiger partial charge on any atom is -0.392 e. The number of nitrogens with zero attached hydrogens (tertiary/aromatic N) is 2. The lowest BCUT2D eigenvalue weighted by molar-refractivity contribution is 0.0954. The van der Waals surface area contributed by atoms with Gasteiger partial charge in [-0.25, -0.2) is 4.98 Å². The highest BCUT2D eigenvalue weighted by molar-refractivity contribution is 7.18. The van der Waals surface area contributed by atoms with E-state index >= 15 is 0 Å². The monoisotopic (exact) mass is 379 g/mol. The molecule has 0 unspecified atom stereocenters. The van der Waals surface area contributed by atoms with Crippen LogP contribution >= 0.6 is 11.3 Å². The molecule has 26 heavy (non-hydrogen) atoms. The SMILES string of the molecule is CC[C@H](O)CN(CCCOC)Cc1nc2sc3c(c2c(=O)[nH]1)CCCC3. The van der Waals surface area contributed by atoms with Crippen LogP contribution in [0.25, 0.3) is 10.2 Å². The molecule has 6 nitrogen and oxygen atoms in total. The number of thiophene rings is 1. The Morgan fingerprint density at radius 1 is 1.38 bits per heavy atom. The lowest BCUT2D eigenvalue weighted by atomic mass is 9.97. The van der Waals surface area contributed by atoms with Gasteiger partial charge in [0, 0.05) is 31.7 Å². The van der Waals surface area contributed by atoms with E-state index in [1.807, 2.05) is 6.92 Å². The molecule has 0 aliphatic heterocycles. The molecule has 0 aromatic carbocycles. The van der Waals surface area contributed by atoms with Crippen LogP contribution in [-0.2, 0) is 24.1 Å². The number of rotatable bonds is 9. The number of aliphatic hydroxyl groups excluding tert-OH is 1. The average molecular weight is 380 g/mol. The van der Waals surface area contributed by atoms with E-state index in [0.29, 0.717) is 31.9 Å². The smallest absolute Gasteiger partial charge is 0.259 e. The summed E-state index contributed by atoms with van der Waals surface area (Å²) in [6.07, 6.45) is 5.63. The minimum absolute atomic E-state index is 0.0164. The molecule has 7 heteroatoms. The third-order valence-corrected chi connectivity index (χ3v) is 6.20. The van der Waals surface area contributed by atoms with Gasteiger partial charge in [0.05, 0.1) is 18.0 Å². The molecule has 0 spiro atoms. The molecule has 144 valence electrons. The van der Waals surface area contributed by atoms with E-state index in [0.717, 1.165) is 42.4 Å². The Morgan fingerprint density at radius 2 is 2.19 bits per heavy atom. The number of aromatic amines is 1. The van der Waals surface area contributed by atoms with Gasteiger partial charge in [-0.3, -0.25) is 9.69 Å². The first-order valence-corrected chi connectivity index (χ1v) is 10.4. The van der Waals surface area contributed by atoms with E-state index < -0.39 is 0 Å². The highest BCUT2D eigenvalue weighted by Gasteiger charge is 2.20. The molecule has 2 aromatic heterocycles. The van der Waals surface area contributed by atoms with E-state index in [2.05, 4.69) is 9.88 Å². The molecule has 0 bridgehead atoms. The first-order valence-electron chi connectivity index (χ1n) is 9.55. The second-order valence-electron chi connectivity index (χ2n) is 7.05. The third-order valence-electron chi connectivity index (χ3n) is 5.01. The Labute approximate surface area is 158 Å². The van der Waals surface area contributed by atoms with Gasteiger partial charge in [-0.05, 0) is 44.1 Å². The quantitative estimate of drug-likeness (QED) is 0.655. The zero-order valence-electron chi connectivity index (χ0n) is 15.7. The van der Waals surface area contributed by atoms with Crippen LogP contribution in [0.5, 0.6) is 0 Å². The summed E-state index contributed by atoms with van der Waals surface area (Å²) in [6, 6.07) is 0. The standard InChI is InChI=1S/C19H29N3O3S/c1-3-13(23)11-22(9-6-10-25-2)12-16-20-18(24)17-14-7-4-5-8-15(14)26-19(17)21-16/h13,23H,3-12H2,1-2H3,(H,20,21,24)/t13-/m0/s1. The largest absolute Gasteiger partial charge is 0.392 e. The van der Waals surface area contributed by atoms with Crippen LogP contribution in [0.1, 0.15) is 48.9 Å². The van der Waals surface area contributed by atoms with Crippen molar-refractivity contribution in [1.82, 2.24) is 14.9 Å². The molecule has 0 fully saturated rings. The number of aryl methyl sites for hydroxylation is 2. The molecule has 0 saturated heterocycles. The number of H-pyrrole nitrogens is 1. The molecular weight excluding hydrogens is 350 g/mol. The van der Waals surface area contributed by atoms with Crippen LogP contribution in [0.4, 0.5) is 0 Å². The highest BCUT2D eigenvalue weighted by Crippen LogP contribution is 2.33. The van der Waals surface area contributed by atoms with Crippen LogP contribution in [0.2, 0.25) is 0 Å². The number of fused-ring (bicyclic) bond motifs is 3. The molecule has 0 saturated carbocycles. The summed E-state index contributed by atoms with van der Waals surface area (Å²) in [6.45, 7) is 4.56. The maximum atomic E-state index is 12.7. The number of methoxy groups -OCH3 is 1. The fraction of sp³-hybridized carbons (Fsp3) is 0.684. The molecule has 1 aliphatic rings. The van der Waals surface area contributed by atoms with Crippen molar-refractivity contribution in [3.63, 3.8) is 0 Å². The van der Waals surface area contributed by atoms with Gasteiger partial charge in [0.15, 0.2) is 0 Å². The van der Waals surface area contributed by atoms with Crippen LogP contribution in [-0.4, -0.2) is 52.9 Å². The molecule has 1 atom stereocenters. The molecule has 3 rings (SSSR count). The van der Waals surface area contributed by atoms with Gasteiger partial charge in [0.25, 0.3) is 5.56 Å². The first kappa shape index (κ1) is 19.5. The van der Waals surface area contributed by atoms with Crippen molar-refractivity contribution in [2.24, 2.45) is 0 Å². The minimum atomic E-state index is -0.373. The summed E-state index contributed by atoms with van der Waals surface area (Å²) in [5, 5.41) is 10.8. The lowest BCUT2D eigenvalue weighted by Crippen LogP contribution is -2.34. The second-order valence-corrected chi connectivity index (χ2v) is 8.13. The van der Waals surface area contributed by atoms with Crippen molar-refractivity contribution >= 4 is 21.6 Å². The number of hydrogen-bond acceptors (Lipinski definition) is 6. The van der Waals surface area contributed by atoms with Crippen molar-refractivity contribution < 1.29 is 9.84 Å². The van der Waals surface area contributed by atoms with Gasteiger partial charge < -0.3 is 14.8 Å². The maximum absolute atomic E-state index is 12.7. The van der Waals surface area contributed by atoms with Crippen molar-refractivity contribution in [2.75, 3.05) is 26.8 Å². The summed E-state index contributed by atoms with van der Waals surface area (Å²) in [5.41, 5.74) is 1.20. The van der Waals surface area contributed by atoms with Gasteiger partial charge in [-0.2, -0.15) is 0 Å². The highest BCUT2D eigenvalue weighted by atomic mass is 32.1. The average Bonchev–Trinajstić information content (AvgIpc) is 3.00. The predicted octanol–water partition coefficient (Wildman–Crippen LogP) is 2.47. The van der Waals surface area contributed by atoms with Crippen LogP contribution in [0, 0.1) is 0 Å². The summed E-state index contributed by atoms with van der Waals surface area (Å²) in [7, 11) is 1.69. The zero-order chi connectivity index (χ0) is 18.5. The van der Waals surface area contributed by atoms with Gasteiger partial charge in [0.1, 0.15) is 10.7 Å². The molecule has 1 aliphatic carbocycles. The molecule has 2 N–H and O–H groups in total. The number of ether oxygens (including phenoxy) is 1. The summed E-state index contributed by atoms with van der Waals surface area (Å²) in [5.74, 6) is 0.682. The molecule has 2 aromatic rings. The molecular formula is C19H29N3O3S. The van der Waals surface area contributed by atoms with Crippen molar-refractivity contribution in [3.05, 3.63) is 26.6 Å². The van der Waals surface area contributed by atoms with Gasteiger partial charge in [-0.1, -0.05) is 6.92 Å². The third kappa shape index (κ3) is 4.52. The van der Waals surface area contributed by atoms with Crippen LogP contribution < -0.4 is 5.56 Å². The maximum Gasteiger partial charge on any atom is 0.259 e. The number of hydrogen-bond donors (Lipinski definition) is 2. The molecule has 2 heterocycles. The number of aliphatic hydroxyl groups is 1. The topological polar surface area (TPSA) is 78.5 Å². The lowest BCUT2D eigenvalue weighted by Gasteiger charge is -2.24. The Kier molecular flexibility index (Phi) is 6.80. The summed E-state index contributed by atoms with van der Waals surface area (Å²) >= 11 is 1.68. The molecule has 0 amide bonds. The van der Waals surface area contributed by atoms with Gasteiger partial charge >= 0.3 is 0 Å². The van der Waals surface area contributed by atoms with Gasteiger partial charge in [0.2, 0.25) is 0 Å². The van der Waals surface area contributed by atoms with E-state index in [1.165, 1.54) is 16.9 Å². The summed E-state index contributed by atoms with van der Waals surface area (Å²) in [4.78, 5) is 24.8. The predicted molar refractivity (Wildman–Crippen MR) is 105 cm³/mol. The van der Waals surface area contributed by atoms with Crippen molar-refractivity contribution in [3.8, 4) is 0 Å². The van der Waals surface area contributed by atoms with E-state index in [1.54, 1.807) is 18.4 Å². The Balaban J connectivity index is 1.82. The Bertz CT molecular complexity index is 786. The summed E-state index contributed by atoms with van der Waals surface area (Å²) < 4.78 is 5.14. The van der Waals surface area contributed by atoms with Crippen LogP contribution in [0.15, 0.2) is 4.79 Å². The fourth-order valence-corrected chi connectivity index (χ4v) is 4.87. The van der Waals surface area contributed by atoms with Gasteiger partial charge in [-0.15, -0.1) is 11.3 Å². The molecule has 0 radical (unpaired) electrons. The van der Waals surface area contributed by atoms with Crippen LogP contribution in [0.3, 0.4) is 0 Å². The number of aromatic nitrogens is 2. The Hall–Kier alpha value is -1.28.